The summed E-state index contributed by atoms with van der Waals surface area (Å²) in [6, 6.07) is 16.7. The Hall–Kier alpha value is -3.52. The van der Waals surface area contributed by atoms with Gasteiger partial charge in [-0.3, -0.25) is 9.59 Å². The van der Waals surface area contributed by atoms with Crippen LogP contribution in [0.5, 0.6) is 17.2 Å². The van der Waals surface area contributed by atoms with E-state index in [1.54, 1.807) is 34.4 Å². The van der Waals surface area contributed by atoms with Crippen LogP contribution in [0.25, 0.3) is 0 Å². The summed E-state index contributed by atoms with van der Waals surface area (Å²) in [4.78, 5) is 31.7. The Morgan fingerprint density at radius 3 is 2.77 bits per heavy atom. The summed E-state index contributed by atoms with van der Waals surface area (Å²) in [6.07, 6.45) is 1.56. The fraction of sp³-hybridized carbons (Fsp3) is 0.333. The van der Waals surface area contributed by atoms with E-state index < -0.39 is 0 Å². The van der Waals surface area contributed by atoms with Gasteiger partial charge in [0.05, 0.1) is 6.04 Å². The number of hydrogen-bond acceptors (Lipinski definition) is 6. The topological polar surface area (TPSA) is 68.3 Å². The van der Waals surface area contributed by atoms with E-state index in [9.17, 15) is 9.59 Å². The molecule has 2 amide bonds. The molecule has 182 valence electrons. The molecule has 3 heterocycles. The van der Waals surface area contributed by atoms with Gasteiger partial charge in [-0.1, -0.05) is 25.1 Å². The van der Waals surface area contributed by atoms with Gasteiger partial charge in [-0.05, 0) is 60.2 Å². The first kappa shape index (κ1) is 23.2. The van der Waals surface area contributed by atoms with Crippen LogP contribution in [-0.2, 0) is 11.2 Å². The summed E-state index contributed by atoms with van der Waals surface area (Å²) in [5.41, 5.74) is 1.62. The van der Waals surface area contributed by atoms with E-state index in [4.69, 9.17) is 14.2 Å². The number of benzene rings is 2. The second kappa shape index (κ2) is 10.4. The molecule has 1 unspecified atom stereocenters. The second-order valence-electron chi connectivity index (χ2n) is 8.57. The Labute approximate surface area is 208 Å². The highest BCUT2D eigenvalue weighted by Gasteiger charge is 2.33. The average molecular weight is 493 g/mol. The van der Waals surface area contributed by atoms with Gasteiger partial charge in [0.2, 0.25) is 12.7 Å². The van der Waals surface area contributed by atoms with Crippen molar-refractivity contribution >= 4 is 23.2 Å². The summed E-state index contributed by atoms with van der Waals surface area (Å²) in [7, 11) is 0. The molecule has 0 fully saturated rings. The molecule has 8 heteroatoms. The Kier molecular flexibility index (Phi) is 6.90. The third-order valence-electron chi connectivity index (χ3n) is 6.29. The third-order valence-corrected chi connectivity index (χ3v) is 7.29. The molecule has 0 spiro atoms. The maximum absolute atomic E-state index is 13.6. The quantitative estimate of drug-likeness (QED) is 0.462. The summed E-state index contributed by atoms with van der Waals surface area (Å²) in [6.45, 7) is 3.62. The molecule has 1 aromatic heterocycles. The lowest BCUT2D eigenvalue weighted by atomic mass is 10.0. The number of thiophene rings is 1. The largest absolute Gasteiger partial charge is 0.491 e. The maximum Gasteiger partial charge on any atom is 0.254 e. The van der Waals surface area contributed by atoms with E-state index in [-0.39, 0.29) is 31.2 Å². The normalized spacial score (nSPS) is 16.0. The van der Waals surface area contributed by atoms with Gasteiger partial charge >= 0.3 is 0 Å². The number of nitrogens with zero attached hydrogens (tertiary/aromatic N) is 2. The first-order valence-electron chi connectivity index (χ1n) is 11.9. The zero-order valence-electron chi connectivity index (χ0n) is 19.6. The van der Waals surface area contributed by atoms with E-state index in [1.165, 1.54) is 4.88 Å². The lowest BCUT2D eigenvalue weighted by molar-refractivity contribution is -0.135. The molecule has 0 N–H and O–H groups in total. The van der Waals surface area contributed by atoms with Gasteiger partial charge in [0.25, 0.3) is 5.91 Å². The van der Waals surface area contributed by atoms with Crippen LogP contribution in [0.2, 0.25) is 0 Å². The van der Waals surface area contributed by atoms with Gasteiger partial charge in [0.15, 0.2) is 11.5 Å². The van der Waals surface area contributed by atoms with E-state index in [0.29, 0.717) is 36.8 Å². The van der Waals surface area contributed by atoms with Gasteiger partial charge in [-0.2, -0.15) is 0 Å². The number of para-hydroxylation sites is 1. The zero-order valence-corrected chi connectivity index (χ0v) is 20.5. The number of ether oxygens (including phenoxy) is 3. The Bertz CT molecular complexity index is 1200. The Morgan fingerprint density at radius 2 is 1.94 bits per heavy atom. The predicted molar refractivity (Wildman–Crippen MR) is 133 cm³/mol. The summed E-state index contributed by atoms with van der Waals surface area (Å²) < 4.78 is 16.9. The van der Waals surface area contributed by atoms with Gasteiger partial charge in [-0.15, -0.1) is 11.3 Å². The maximum atomic E-state index is 13.6. The molecule has 3 aromatic rings. The summed E-state index contributed by atoms with van der Waals surface area (Å²) in [5, 5.41) is 2.07. The van der Waals surface area contributed by atoms with Crippen LogP contribution < -0.4 is 14.2 Å². The Balaban J connectivity index is 1.33. The highest BCUT2D eigenvalue weighted by molar-refractivity contribution is 7.10. The van der Waals surface area contributed by atoms with Gasteiger partial charge < -0.3 is 24.0 Å². The molecule has 0 radical (unpaired) electrons. The highest BCUT2D eigenvalue weighted by Crippen LogP contribution is 2.35. The molecule has 0 bridgehead atoms. The van der Waals surface area contributed by atoms with E-state index in [2.05, 4.69) is 11.4 Å². The molecule has 7 nitrogen and oxygen atoms in total. The lowest BCUT2D eigenvalue weighted by Crippen LogP contribution is -2.48. The van der Waals surface area contributed by atoms with Crippen molar-refractivity contribution in [2.75, 3.05) is 33.0 Å². The number of carbonyl (C=O) groups is 2. The molecule has 0 saturated heterocycles. The molecular weight excluding hydrogens is 464 g/mol. The molecule has 5 rings (SSSR count). The molecule has 2 aliphatic heterocycles. The lowest BCUT2D eigenvalue weighted by Gasteiger charge is -2.37. The predicted octanol–water partition coefficient (Wildman–Crippen LogP) is 4.53. The minimum Gasteiger partial charge on any atom is -0.491 e. The van der Waals surface area contributed by atoms with Crippen molar-refractivity contribution in [1.29, 1.82) is 0 Å². The molecule has 2 aliphatic rings. The van der Waals surface area contributed by atoms with Gasteiger partial charge in [0, 0.05) is 23.5 Å². The van der Waals surface area contributed by atoms with Crippen molar-refractivity contribution in [3.8, 4) is 17.2 Å². The smallest absolute Gasteiger partial charge is 0.254 e. The summed E-state index contributed by atoms with van der Waals surface area (Å²) in [5.74, 6) is 1.68. The van der Waals surface area contributed by atoms with Crippen molar-refractivity contribution in [3.63, 3.8) is 0 Å². The molecule has 2 aromatic carbocycles. The van der Waals surface area contributed by atoms with Crippen molar-refractivity contribution in [3.05, 3.63) is 76.0 Å². The van der Waals surface area contributed by atoms with E-state index >= 15 is 0 Å². The van der Waals surface area contributed by atoms with Crippen LogP contribution >= 0.6 is 11.3 Å². The van der Waals surface area contributed by atoms with Crippen LogP contribution in [0.4, 0.5) is 0 Å². The number of fused-ring (bicyclic) bond motifs is 2. The average Bonchev–Trinajstić information content (AvgIpc) is 3.56. The first-order chi connectivity index (χ1) is 17.1. The standard InChI is InChI=1S/C27H28N2O5S/c1-2-12-28(27(31)19-8-9-23-24(15-19)34-18-33-23)16-26(30)29-13-10-25-21(11-14-35-25)22(29)17-32-20-6-4-3-5-7-20/h3-9,11,14-15,22H,2,10,12-13,16-18H2,1H3. The minimum atomic E-state index is -0.193. The molecule has 0 saturated carbocycles. The first-order valence-corrected chi connectivity index (χ1v) is 12.7. The van der Waals surface area contributed by atoms with E-state index in [1.807, 2.05) is 42.2 Å². The number of carbonyl (C=O) groups excluding carboxylic acids is 2. The molecule has 0 aliphatic carbocycles. The molecular formula is C27H28N2O5S. The number of amides is 2. The van der Waals surface area contributed by atoms with Crippen LogP contribution in [0, 0.1) is 0 Å². The number of hydrogen-bond donors (Lipinski definition) is 0. The fourth-order valence-corrected chi connectivity index (χ4v) is 5.48. The van der Waals surface area contributed by atoms with Crippen LogP contribution in [0.3, 0.4) is 0 Å². The SMILES string of the molecule is CCCN(CC(=O)N1CCc2sccc2C1COc1ccccc1)C(=O)c1ccc2c(c1)OCO2. The van der Waals surface area contributed by atoms with Crippen LogP contribution in [0.15, 0.2) is 60.0 Å². The van der Waals surface area contributed by atoms with Crippen LogP contribution in [-0.4, -0.2) is 54.6 Å². The fourth-order valence-electron chi connectivity index (χ4n) is 4.56. The highest BCUT2D eigenvalue weighted by atomic mass is 32.1. The minimum absolute atomic E-state index is 0.0163. The third kappa shape index (κ3) is 4.98. The summed E-state index contributed by atoms with van der Waals surface area (Å²) >= 11 is 1.72. The Morgan fingerprint density at radius 1 is 1.11 bits per heavy atom. The number of rotatable bonds is 8. The molecule has 1 atom stereocenters. The van der Waals surface area contributed by atoms with Crippen molar-refractivity contribution in [1.82, 2.24) is 9.80 Å². The van der Waals surface area contributed by atoms with Crippen molar-refractivity contribution in [2.45, 2.75) is 25.8 Å². The van der Waals surface area contributed by atoms with Crippen LogP contribution in [0.1, 0.15) is 40.2 Å². The zero-order chi connectivity index (χ0) is 24.2. The second-order valence-corrected chi connectivity index (χ2v) is 9.57. The van der Waals surface area contributed by atoms with Crippen molar-refractivity contribution in [2.24, 2.45) is 0 Å². The monoisotopic (exact) mass is 492 g/mol. The van der Waals surface area contributed by atoms with Gasteiger partial charge in [0.1, 0.15) is 18.9 Å². The van der Waals surface area contributed by atoms with Crippen molar-refractivity contribution < 1.29 is 23.8 Å². The van der Waals surface area contributed by atoms with Gasteiger partial charge in [-0.25, -0.2) is 0 Å². The molecule has 35 heavy (non-hydrogen) atoms. The van der Waals surface area contributed by atoms with E-state index in [0.717, 1.165) is 24.2 Å².